The SMILES string of the molecule is CCNC(=NCc1cccc(Cl)c1)NC(C)C.I. The first-order valence-corrected chi connectivity index (χ1v) is 6.29. The highest BCUT2D eigenvalue weighted by molar-refractivity contribution is 14.0. The lowest BCUT2D eigenvalue weighted by Gasteiger charge is -2.13. The van der Waals surface area contributed by atoms with Crippen LogP contribution in [-0.4, -0.2) is 18.5 Å². The lowest BCUT2D eigenvalue weighted by Crippen LogP contribution is -2.40. The number of aliphatic imine (C=N–C) groups is 1. The minimum Gasteiger partial charge on any atom is -0.357 e. The Bertz CT molecular complexity index is 380. The van der Waals surface area contributed by atoms with Gasteiger partial charge in [0.1, 0.15) is 0 Å². The summed E-state index contributed by atoms with van der Waals surface area (Å²) in [5, 5.41) is 7.23. The number of halogens is 2. The van der Waals surface area contributed by atoms with Crippen LogP contribution >= 0.6 is 35.6 Å². The molecule has 0 aliphatic rings. The fourth-order valence-corrected chi connectivity index (χ4v) is 1.61. The van der Waals surface area contributed by atoms with Crippen LogP contribution in [0.1, 0.15) is 26.3 Å². The zero-order chi connectivity index (χ0) is 12.7. The van der Waals surface area contributed by atoms with Gasteiger partial charge >= 0.3 is 0 Å². The number of guanidine groups is 1. The van der Waals surface area contributed by atoms with E-state index in [4.69, 9.17) is 11.6 Å². The van der Waals surface area contributed by atoms with Crippen LogP contribution in [-0.2, 0) is 6.54 Å². The van der Waals surface area contributed by atoms with Crippen LogP contribution in [0.25, 0.3) is 0 Å². The van der Waals surface area contributed by atoms with E-state index in [1.54, 1.807) is 0 Å². The molecule has 0 bridgehead atoms. The minimum atomic E-state index is 0. The van der Waals surface area contributed by atoms with E-state index in [1.165, 1.54) is 0 Å². The van der Waals surface area contributed by atoms with Gasteiger partial charge in [-0.2, -0.15) is 0 Å². The predicted octanol–water partition coefficient (Wildman–Crippen LogP) is 3.42. The molecule has 0 saturated heterocycles. The second-order valence-electron chi connectivity index (χ2n) is 4.12. The van der Waals surface area contributed by atoms with E-state index in [0.717, 1.165) is 23.1 Å². The maximum absolute atomic E-state index is 5.93. The molecule has 102 valence electrons. The molecule has 0 radical (unpaired) electrons. The highest BCUT2D eigenvalue weighted by atomic mass is 127. The minimum absolute atomic E-state index is 0. The van der Waals surface area contributed by atoms with Crippen molar-refractivity contribution in [3.05, 3.63) is 34.9 Å². The molecular formula is C13H21ClIN3. The first-order chi connectivity index (χ1) is 8.11. The Morgan fingerprint density at radius 3 is 2.67 bits per heavy atom. The summed E-state index contributed by atoms with van der Waals surface area (Å²) in [5.41, 5.74) is 1.11. The largest absolute Gasteiger partial charge is 0.357 e. The third-order valence-electron chi connectivity index (χ3n) is 2.08. The molecule has 0 aromatic heterocycles. The van der Waals surface area contributed by atoms with E-state index in [2.05, 4.69) is 36.4 Å². The maximum Gasteiger partial charge on any atom is 0.191 e. The smallest absolute Gasteiger partial charge is 0.191 e. The number of hydrogen-bond donors (Lipinski definition) is 2. The van der Waals surface area contributed by atoms with Crippen molar-refractivity contribution >= 4 is 41.5 Å². The van der Waals surface area contributed by atoms with Gasteiger partial charge in [-0.05, 0) is 38.5 Å². The maximum atomic E-state index is 5.93. The molecule has 3 nitrogen and oxygen atoms in total. The molecule has 2 N–H and O–H groups in total. The molecule has 0 heterocycles. The Morgan fingerprint density at radius 2 is 2.11 bits per heavy atom. The van der Waals surface area contributed by atoms with Crippen molar-refractivity contribution in [2.24, 2.45) is 4.99 Å². The lowest BCUT2D eigenvalue weighted by atomic mass is 10.2. The molecule has 1 aromatic carbocycles. The van der Waals surface area contributed by atoms with Crippen molar-refractivity contribution in [2.75, 3.05) is 6.54 Å². The summed E-state index contributed by atoms with van der Waals surface area (Å²) < 4.78 is 0. The third kappa shape index (κ3) is 7.06. The van der Waals surface area contributed by atoms with Crippen molar-refractivity contribution < 1.29 is 0 Å². The highest BCUT2D eigenvalue weighted by Crippen LogP contribution is 2.11. The van der Waals surface area contributed by atoms with Crippen LogP contribution in [0.15, 0.2) is 29.3 Å². The Morgan fingerprint density at radius 1 is 1.39 bits per heavy atom. The van der Waals surface area contributed by atoms with Gasteiger partial charge in [0.05, 0.1) is 6.54 Å². The van der Waals surface area contributed by atoms with Gasteiger partial charge < -0.3 is 10.6 Å². The predicted molar refractivity (Wildman–Crippen MR) is 90.0 cm³/mol. The van der Waals surface area contributed by atoms with E-state index in [-0.39, 0.29) is 24.0 Å². The van der Waals surface area contributed by atoms with E-state index < -0.39 is 0 Å². The molecule has 1 aromatic rings. The third-order valence-corrected chi connectivity index (χ3v) is 2.31. The van der Waals surface area contributed by atoms with Gasteiger partial charge in [-0.15, -0.1) is 24.0 Å². The van der Waals surface area contributed by atoms with Crippen LogP contribution in [0.2, 0.25) is 5.02 Å². The molecule has 0 fully saturated rings. The summed E-state index contributed by atoms with van der Waals surface area (Å²) in [4.78, 5) is 4.50. The van der Waals surface area contributed by atoms with Crippen molar-refractivity contribution in [1.82, 2.24) is 10.6 Å². The molecule has 0 saturated carbocycles. The molecule has 18 heavy (non-hydrogen) atoms. The quantitative estimate of drug-likeness (QED) is 0.476. The summed E-state index contributed by atoms with van der Waals surface area (Å²) in [7, 11) is 0. The number of rotatable bonds is 4. The van der Waals surface area contributed by atoms with Crippen molar-refractivity contribution in [1.29, 1.82) is 0 Å². The van der Waals surface area contributed by atoms with Crippen LogP contribution < -0.4 is 10.6 Å². The van der Waals surface area contributed by atoms with Crippen LogP contribution in [0.5, 0.6) is 0 Å². The zero-order valence-electron chi connectivity index (χ0n) is 11.0. The van der Waals surface area contributed by atoms with Gasteiger partial charge in [0.15, 0.2) is 5.96 Å². The zero-order valence-corrected chi connectivity index (χ0v) is 14.1. The van der Waals surface area contributed by atoms with Crippen molar-refractivity contribution in [3.8, 4) is 0 Å². The molecular weight excluding hydrogens is 361 g/mol. The van der Waals surface area contributed by atoms with Crippen LogP contribution in [0, 0.1) is 0 Å². The summed E-state index contributed by atoms with van der Waals surface area (Å²) in [6, 6.07) is 8.13. The van der Waals surface area contributed by atoms with Gasteiger partial charge in [0, 0.05) is 17.6 Å². The van der Waals surface area contributed by atoms with E-state index in [1.807, 2.05) is 24.3 Å². The van der Waals surface area contributed by atoms with Gasteiger partial charge in [-0.1, -0.05) is 23.7 Å². The summed E-state index contributed by atoms with van der Waals surface area (Å²) in [5.74, 6) is 0.836. The molecule has 0 aliphatic heterocycles. The van der Waals surface area contributed by atoms with Gasteiger partial charge in [-0.25, -0.2) is 4.99 Å². The first kappa shape index (κ1) is 17.5. The molecule has 0 unspecified atom stereocenters. The van der Waals surface area contributed by atoms with Gasteiger partial charge in [-0.3, -0.25) is 0 Å². The molecule has 0 atom stereocenters. The van der Waals surface area contributed by atoms with Crippen LogP contribution in [0.3, 0.4) is 0 Å². The Balaban J connectivity index is 0.00000289. The van der Waals surface area contributed by atoms with Gasteiger partial charge in [0.25, 0.3) is 0 Å². The average molecular weight is 382 g/mol. The molecule has 0 aliphatic carbocycles. The van der Waals surface area contributed by atoms with E-state index in [9.17, 15) is 0 Å². The fraction of sp³-hybridized carbons (Fsp3) is 0.462. The normalized spacial score (nSPS) is 11.1. The summed E-state index contributed by atoms with van der Waals surface area (Å²) in [6.45, 7) is 7.71. The number of nitrogens with one attached hydrogen (secondary N) is 2. The summed E-state index contributed by atoms with van der Waals surface area (Å²) >= 11 is 5.93. The second-order valence-corrected chi connectivity index (χ2v) is 4.56. The van der Waals surface area contributed by atoms with E-state index in [0.29, 0.717) is 12.6 Å². The average Bonchev–Trinajstić information content (AvgIpc) is 2.26. The molecule has 0 amide bonds. The van der Waals surface area contributed by atoms with Crippen molar-refractivity contribution in [3.63, 3.8) is 0 Å². The van der Waals surface area contributed by atoms with Gasteiger partial charge in [0.2, 0.25) is 0 Å². The summed E-state index contributed by atoms with van der Waals surface area (Å²) in [6.07, 6.45) is 0. The first-order valence-electron chi connectivity index (χ1n) is 5.91. The fourth-order valence-electron chi connectivity index (χ4n) is 1.40. The number of benzene rings is 1. The highest BCUT2D eigenvalue weighted by Gasteiger charge is 1.99. The number of hydrogen-bond acceptors (Lipinski definition) is 1. The monoisotopic (exact) mass is 381 g/mol. The second kappa shape index (κ2) is 9.44. The Kier molecular flexibility index (Phi) is 9.18. The Hall–Kier alpha value is -0.490. The van der Waals surface area contributed by atoms with Crippen LogP contribution in [0.4, 0.5) is 0 Å². The Labute approximate surface area is 131 Å². The number of nitrogens with zero attached hydrogens (tertiary/aromatic N) is 1. The topological polar surface area (TPSA) is 36.4 Å². The van der Waals surface area contributed by atoms with Crippen molar-refractivity contribution in [2.45, 2.75) is 33.4 Å². The molecule has 0 spiro atoms. The molecule has 1 rings (SSSR count). The lowest BCUT2D eigenvalue weighted by molar-refractivity contribution is 0.700. The van der Waals surface area contributed by atoms with E-state index >= 15 is 0 Å². The molecule has 5 heteroatoms. The standard InChI is InChI=1S/C13H20ClN3.HI/c1-4-15-13(17-10(2)3)16-9-11-6-5-7-12(14)8-11;/h5-8,10H,4,9H2,1-3H3,(H2,15,16,17);1H.